The lowest BCUT2D eigenvalue weighted by atomic mass is 10.0. The van der Waals surface area contributed by atoms with E-state index in [0.29, 0.717) is 44.6 Å². The fourth-order valence-corrected chi connectivity index (χ4v) is 2.56. The molecule has 0 saturated carbocycles. The summed E-state index contributed by atoms with van der Waals surface area (Å²) in [6.07, 6.45) is 5.83. The summed E-state index contributed by atoms with van der Waals surface area (Å²) in [5, 5.41) is 13.5. The van der Waals surface area contributed by atoms with Crippen molar-refractivity contribution in [3.05, 3.63) is 65.5 Å². The Kier molecular flexibility index (Phi) is 9.00. The summed E-state index contributed by atoms with van der Waals surface area (Å²) in [7, 11) is 0. The van der Waals surface area contributed by atoms with Crippen LogP contribution in [0.1, 0.15) is 42.9 Å². The van der Waals surface area contributed by atoms with Gasteiger partial charge in [-0.2, -0.15) is 0 Å². The van der Waals surface area contributed by atoms with Gasteiger partial charge in [-0.15, -0.1) is 0 Å². The van der Waals surface area contributed by atoms with Crippen molar-refractivity contribution in [2.45, 2.75) is 32.6 Å². The number of aromatic nitrogens is 1. The first kappa shape index (κ1) is 20.6. The highest BCUT2D eigenvalue weighted by molar-refractivity contribution is 6.12. The number of nitrogens with zero attached hydrogens (tertiary/aromatic N) is 2. The van der Waals surface area contributed by atoms with Gasteiger partial charge in [0.15, 0.2) is 0 Å². The molecule has 0 aliphatic carbocycles. The van der Waals surface area contributed by atoms with Crippen LogP contribution >= 0.6 is 0 Å². The van der Waals surface area contributed by atoms with Crippen LogP contribution in [-0.2, 0) is 20.8 Å². The highest BCUT2D eigenvalue weighted by Gasteiger charge is 2.09. The van der Waals surface area contributed by atoms with E-state index in [4.69, 9.17) is 14.7 Å². The van der Waals surface area contributed by atoms with E-state index in [2.05, 4.69) is 10.1 Å². The molecule has 0 aliphatic heterocycles. The maximum absolute atomic E-state index is 11.3. The summed E-state index contributed by atoms with van der Waals surface area (Å²) < 4.78 is 4.90. The molecule has 27 heavy (non-hydrogen) atoms. The normalized spacial score (nSPS) is 11.3. The first-order valence-corrected chi connectivity index (χ1v) is 9.20. The van der Waals surface area contributed by atoms with Gasteiger partial charge in [-0.1, -0.05) is 23.4 Å². The number of pyridine rings is 1. The molecule has 1 aromatic carbocycles. The number of unbranched alkanes of at least 4 members (excludes halogenated alkanes) is 1. The first-order valence-electron chi connectivity index (χ1n) is 9.20. The number of carbonyl (C=O) groups excluding carboxylic acids is 1. The van der Waals surface area contributed by atoms with Crippen molar-refractivity contribution < 1.29 is 19.5 Å². The van der Waals surface area contributed by atoms with E-state index in [1.165, 1.54) is 0 Å². The lowest BCUT2D eigenvalue weighted by Crippen LogP contribution is -2.07. The maximum Gasteiger partial charge on any atom is 0.305 e. The van der Waals surface area contributed by atoms with Gasteiger partial charge in [0.2, 0.25) is 0 Å². The molecule has 144 valence electrons. The van der Waals surface area contributed by atoms with Crippen LogP contribution in [0.3, 0.4) is 0 Å². The number of carbonyl (C=O) groups is 1. The number of ether oxygens (including phenoxy) is 1. The molecule has 0 aliphatic rings. The number of benzene rings is 1. The second kappa shape index (κ2) is 11.8. The predicted molar refractivity (Wildman–Crippen MR) is 104 cm³/mol. The summed E-state index contributed by atoms with van der Waals surface area (Å²) in [6.45, 7) is 2.72. The van der Waals surface area contributed by atoms with Crippen LogP contribution in [0.15, 0.2) is 53.9 Å². The van der Waals surface area contributed by atoms with Gasteiger partial charge in [-0.3, -0.25) is 9.78 Å². The lowest BCUT2D eigenvalue weighted by molar-refractivity contribution is -0.143. The molecule has 0 amide bonds. The fourth-order valence-electron chi connectivity index (χ4n) is 2.56. The second-order valence-electron chi connectivity index (χ2n) is 5.95. The van der Waals surface area contributed by atoms with Crippen LogP contribution in [0, 0.1) is 0 Å². The Morgan fingerprint density at radius 2 is 2.04 bits per heavy atom. The molecule has 6 heteroatoms. The topological polar surface area (TPSA) is 81.0 Å². The molecule has 0 atom stereocenters. The Hall–Kier alpha value is -2.73. The predicted octanol–water partition coefficient (Wildman–Crippen LogP) is 3.12. The van der Waals surface area contributed by atoms with Gasteiger partial charge in [0.05, 0.1) is 6.61 Å². The molecule has 0 bridgehead atoms. The molecule has 1 aromatic heterocycles. The summed E-state index contributed by atoms with van der Waals surface area (Å²) in [4.78, 5) is 21.0. The van der Waals surface area contributed by atoms with Crippen LogP contribution in [-0.4, -0.2) is 41.6 Å². The third kappa shape index (κ3) is 7.19. The number of aliphatic hydroxyl groups is 1. The van der Waals surface area contributed by atoms with Crippen LogP contribution in [0.4, 0.5) is 0 Å². The SMILES string of the molecule is CCOC(=O)CCCCO/N=C(\c1cccnc1)c1cccc(CCO)c1. The summed E-state index contributed by atoms with van der Waals surface area (Å²) in [5.41, 5.74) is 3.47. The summed E-state index contributed by atoms with van der Waals surface area (Å²) >= 11 is 0. The van der Waals surface area contributed by atoms with Crippen molar-refractivity contribution in [1.82, 2.24) is 4.98 Å². The molecule has 2 rings (SSSR count). The van der Waals surface area contributed by atoms with Gasteiger partial charge in [-0.05, 0) is 49.9 Å². The Morgan fingerprint density at radius 3 is 2.78 bits per heavy atom. The largest absolute Gasteiger partial charge is 0.466 e. The third-order valence-corrected chi connectivity index (χ3v) is 3.86. The Bertz CT molecular complexity index is 732. The molecular formula is C21H26N2O4. The minimum atomic E-state index is -0.183. The van der Waals surface area contributed by atoms with Gasteiger partial charge in [0, 0.05) is 36.5 Å². The van der Waals surface area contributed by atoms with Crippen molar-refractivity contribution in [2.24, 2.45) is 5.16 Å². The van der Waals surface area contributed by atoms with Crippen molar-refractivity contribution in [1.29, 1.82) is 0 Å². The molecule has 0 unspecified atom stereocenters. The Morgan fingerprint density at radius 1 is 1.19 bits per heavy atom. The lowest BCUT2D eigenvalue weighted by Gasteiger charge is -2.09. The van der Waals surface area contributed by atoms with Crippen molar-refractivity contribution in [3.63, 3.8) is 0 Å². The van der Waals surface area contributed by atoms with Crippen molar-refractivity contribution in [2.75, 3.05) is 19.8 Å². The van der Waals surface area contributed by atoms with Crippen LogP contribution in [0.5, 0.6) is 0 Å². The van der Waals surface area contributed by atoms with E-state index in [1.54, 1.807) is 19.3 Å². The van der Waals surface area contributed by atoms with E-state index in [9.17, 15) is 4.79 Å². The fraction of sp³-hybridized carbons (Fsp3) is 0.381. The first-order chi connectivity index (χ1) is 13.2. The van der Waals surface area contributed by atoms with Gasteiger partial charge in [-0.25, -0.2) is 0 Å². The van der Waals surface area contributed by atoms with Gasteiger partial charge in [0.25, 0.3) is 0 Å². The number of hydrogen-bond acceptors (Lipinski definition) is 6. The van der Waals surface area contributed by atoms with E-state index in [-0.39, 0.29) is 12.6 Å². The highest BCUT2D eigenvalue weighted by atomic mass is 16.6. The molecule has 0 spiro atoms. The molecule has 0 fully saturated rings. The standard InChI is InChI=1S/C21H26N2O4/c1-2-26-20(25)10-3-4-14-27-23-21(19-9-6-12-22-16-19)18-8-5-7-17(15-18)11-13-24/h5-9,12,15-16,24H,2-4,10-11,13-14H2,1H3/b23-21-. The van der Waals surface area contributed by atoms with Gasteiger partial charge >= 0.3 is 5.97 Å². The van der Waals surface area contributed by atoms with E-state index in [1.807, 2.05) is 36.4 Å². The number of esters is 1. The summed E-state index contributed by atoms with van der Waals surface area (Å²) in [5.74, 6) is -0.183. The van der Waals surface area contributed by atoms with Crippen LogP contribution < -0.4 is 0 Å². The average molecular weight is 370 g/mol. The number of oxime groups is 1. The zero-order valence-corrected chi connectivity index (χ0v) is 15.6. The molecular weight excluding hydrogens is 344 g/mol. The Balaban J connectivity index is 2.02. The minimum Gasteiger partial charge on any atom is -0.466 e. The number of hydrogen-bond donors (Lipinski definition) is 1. The zero-order valence-electron chi connectivity index (χ0n) is 15.6. The van der Waals surface area contributed by atoms with E-state index >= 15 is 0 Å². The second-order valence-corrected chi connectivity index (χ2v) is 5.95. The maximum atomic E-state index is 11.3. The van der Waals surface area contributed by atoms with E-state index < -0.39 is 0 Å². The highest BCUT2D eigenvalue weighted by Crippen LogP contribution is 2.13. The monoisotopic (exact) mass is 370 g/mol. The molecule has 0 radical (unpaired) electrons. The van der Waals surface area contributed by atoms with Crippen LogP contribution in [0.2, 0.25) is 0 Å². The molecule has 2 aromatic rings. The molecule has 0 saturated heterocycles. The Labute approximate surface area is 159 Å². The number of aliphatic hydroxyl groups excluding tert-OH is 1. The average Bonchev–Trinajstić information content (AvgIpc) is 2.69. The number of rotatable bonds is 11. The molecule has 1 heterocycles. The summed E-state index contributed by atoms with van der Waals surface area (Å²) in [6, 6.07) is 11.6. The van der Waals surface area contributed by atoms with Crippen molar-refractivity contribution in [3.8, 4) is 0 Å². The molecule has 1 N–H and O–H groups in total. The van der Waals surface area contributed by atoms with Crippen molar-refractivity contribution >= 4 is 11.7 Å². The van der Waals surface area contributed by atoms with E-state index in [0.717, 1.165) is 16.7 Å². The smallest absolute Gasteiger partial charge is 0.305 e. The van der Waals surface area contributed by atoms with Gasteiger partial charge < -0.3 is 14.7 Å². The quantitative estimate of drug-likeness (QED) is 0.284. The zero-order chi connectivity index (χ0) is 19.3. The van der Waals surface area contributed by atoms with Crippen LogP contribution in [0.25, 0.3) is 0 Å². The van der Waals surface area contributed by atoms with Gasteiger partial charge in [0.1, 0.15) is 12.3 Å². The molecule has 6 nitrogen and oxygen atoms in total. The minimum absolute atomic E-state index is 0.0970. The third-order valence-electron chi connectivity index (χ3n) is 3.86.